The lowest BCUT2D eigenvalue weighted by molar-refractivity contribution is 0.418. The minimum Gasteiger partial charge on any atom is -0.333 e. The van der Waals surface area contributed by atoms with Crippen molar-refractivity contribution in [2.45, 2.75) is 18.5 Å². The van der Waals surface area contributed by atoms with Gasteiger partial charge in [-0.3, -0.25) is 9.98 Å². The summed E-state index contributed by atoms with van der Waals surface area (Å²) in [6, 6.07) is 0.0462. The standard InChI is InChI=1S/C8H13N5/c1-8(3-9-2)6-7(11-4-10-6)12-5-13-8/h4-6,9H,3H2,1-2H3,(H,10,11,12,13). The van der Waals surface area contributed by atoms with Crippen LogP contribution in [-0.2, 0) is 0 Å². The van der Waals surface area contributed by atoms with Gasteiger partial charge in [0.2, 0.25) is 0 Å². The molecule has 5 heteroatoms. The average Bonchev–Trinajstić information content (AvgIpc) is 2.54. The third-order valence-electron chi connectivity index (χ3n) is 2.37. The topological polar surface area (TPSA) is 61.1 Å². The van der Waals surface area contributed by atoms with Crippen molar-refractivity contribution < 1.29 is 0 Å². The molecule has 2 unspecified atom stereocenters. The van der Waals surface area contributed by atoms with Crippen LogP contribution in [0, 0.1) is 0 Å². The van der Waals surface area contributed by atoms with Gasteiger partial charge in [-0.2, -0.15) is 0 Å². The predicted molar refractivity (Wildman–Crippen MR) is 53.7 cm³/mol. The van der Waals surface area contributed by atoms with Crippen molar-refractivity contribution in [1.29, 1.82) is 0 Å². The average molecular weight is 179 g/mol. The number of fused-ring (bicyclic) bond motifs is 1. The van der Waals surface area contributed by atoms with Crippen molar-refractivity contribution in [3.05, 3.63) is 0 Å². The monoisotopic (exact) mass is 179 g/mol. The highest BCUT2D eigenvalue weighted by atomic mass is 15.2. The first-order valence-electron chi connectivity index (χ1n) is 4.30. The molecular weight excluding hydrogens is 166 g/mol. The van der Waals surface area contributed by atoms with Crippen molar-refractivity contribution in [3.8, 4) is 0 Å². The highest BCUT2D eigenvalue weighted by Crippen LogP contribution is 2.22. The van der Waals surface area contributed by atoms with E-state index in [0.717, 1.165) is 12.4 Å². The number of hydrogen-bond donors (Lipinski definition) is 2. The van der Waals surface area contributed by atoms with E-state index < -0.39 is 0 Å². The maximum Gasteiger partial charge on any atom is 0.136 e. The van der Waals surface area contributed by atoms with Gasteiger partial charge in [-0.15, -0.1) is 0 Å². The van der Waals surface area contributed by atoms with Crippen LogP contribution in [-0.4, -0.2) is 43.7 Å². The van der Waals surface area contributed by atoms with Gasteiger partial charge in [0.1, 0.15) is 23.8 Å². The second-order valence-corrected chi connectivity index (χ2v) is 3.47. The van der Waals surface area contributed by atoms with Crippen molar-refractivity contribution >= 4 is 18.5 Å². The zero-order chi connectivity index (χ0) is 9.31. The highest BCUT2D eigenvalue weighted by Gasteiger charge is 2.40. The Balaban J connectivity index is 2.27. The van der Waals surface area contributed by atoms with E-state index in [1.54, 1.807) is 12.7 Å². The van der Waals surface area contributed by atoms with E-state index >= 15 is 0 Å². The molecule has 2 N–H and O–H groups in total. The minimum absolute atomic E-state index is 0.0462. The van der Waals surface area contributed by atoms with Crippen LogP contribution in [0.3, 0.4) is 0 Å². The number of hydrogen-bond acceptors (Lipinski definition) is 5. The second-order valence-electron chi connectivity index (χ2n) is 3.47. The van der Waals surface area contributed by atoms with Crippen molar-refractivity contribution in [2.75, 3.05) is 13.6 Å². The molecule has 0 amide bonds. The predicted octanol–water partition coefficient (Wildman–Crippen LogP) is -0.595. The molecule has 0 radical (unpaired) electrons. The van der Waals surface area contributed by atoms with Crippen LogP contribution < -0.4 is 10.6 Å². The summed E-state index contributed by atoms with van der Waals surface area (Å²) in [7, 11) is 1.91. The van der Waals surface area contributed by atoms with Gasteiger partial charge in [0, 0.05) is 6.54 Å². The lowest BCUT2D eigenvalue weighted by Crippen LogP contribution is -2.54. The molecule has 2 heterocycles. The van der Waals surface area contributed by atoms with Crippen molar-refractivity contribution in [3.63, 3.8) is 0 Å². The Labute approximate surface area is 77.1 Å². The molecule has 0 saturated carbocycles. The van der Waals surface area contributed by atoms with Crippen LogP contribution in [0.5, 0.6) is 0 Å². The zero-order valence-electron chi connectivity index (χ0n) is 7.78. The van der Waals surface area contributed by atoms with E-state index in [1.165, 1.54) is 0 Å². The van der Waals surface area contributed by atoms with Gasteiger partial charge in [0.05, 0.1) is 6.34 Å². The molecule has 0 aromatic carbocycles. The van der Waals surface area contributed by atoms with Gasteiger partial charge in [-0.25, -0.2) is 4.99 Å². The first kappa shape index (κ1) is 8.37. The molecule has 0 saturated heterocycles. The van der Waals surface area contributed by atoms with E-state index in [-0.39, 0.29) is 11.6 Å². The number of aliphatic imine (C=N–C) groups is 3. The Kier molecular flexibility index (Phi) is 1.88. The van der Waals surface area contributed by atoms with Gasteiger partial charge in [-0.05, 0) is 14.0 Å². The largest absolute Gasteiger partial charge is 0.333 e. The van der Waals surface area contributed by atoms with E-state index in [0.29, 0.717) is 0 Å². The first-order chi connectivity index (χ1) is 6.26. The fraction of sp³-hybridized carbons (Fsp3) is 0.625. The minimum atomic E-state index is -0.203. The van der Waals surface area contributed by atoms with E-state index in [2.05, 4.69) is 32.5 Å². The van der Waals surface area contributed by atoms with Gasteiger partial charge >= 0.3 is 0 Å². The van der Waals surface area contributed by atoms with Crippen LogP contribution in [0.2, 0.25) is 0 Å². The number of rotatable bonds is 2. The van der Waals surface area contributed by atoms with E-state index in [4.69, 9.17) is 0 Å². The number of amidine groups is 1. The van der Waals surface area contributed by atoms with Crippen LogP contribution in [0.15, 0.2) is 15.0 Å². The lowest BCUT2D eigenvalue weighted by atomic mass is 9.91. The van der Waals surface area contributed by atoms with Gasteiger partial charge in [-0.1, -0.05) is 0 Å². The Morgan fingerprint density at radius 1 is 1.69 bits per heavy atom. The van der Waals surface area contributed by atoms with E-state index in [9.17, 15) is 0 Å². The summed E-state index contributed by atoms with van der Waals surface area (Å²) in [6.07, 6.45) is 3.29. The number of nitrogens with one attached hydrogen (secondary N) is 2. The Bertz CT molecular complexity index is 293. The summed E-state index contributed by atoms with van der Waals surface area (Å²) in [5.41, 5.74) is -0.203. The summed E-state index contributed by atoms with van der Waals surface area (Å²) < 4.78 is 0. The fourth-order valence-corrected chi connectivity index (χ4v) is 1.69. The maximum atomic E-state index is 4.40. The molecule has 5 nitrogen and oxygen atoms in total. The van der Waals surface area contributed by atoms with Gasteiger partial charge in [0.15, 0.2) is 0 Å². The summed E-state index contributed by atoms with van der Waals surface area (Å²) in [6.45, 7) is 2.87. The third-order valence-corrected chi connectivity index (χ3v) is 2.37. The van der Waals surface area contributed by atoms with Crippen molar-refractivity contribution in [1.82, 2.24) is 10.6 Å². The summed E-state index contributed by atoms with van der Waals surface area (Å²) in [5.74, 6) is 0.896. The molecule has 2 aliphatic heterocycles. The number of likely N-dealkylation sites (N-methyl/N-ethyl adjacent to an activating group) is 1. The molecule has 0 aromatic rings. The van der Waals surface area contributed by atoms with Gasteiger partial charge in [0.25, 0.3) is 0 Å². The first-order valence-corrected chi connectivity index (χ1v) is 4.30. The smallest absolute Gasteiger partial charge is 0.136 e. The molecule has 0 bridgehead atoms. The molecule has 2 aliphatic rings. The van der Waals surface area contributed by atoms with Crippen LogP contribution in [0.25, 0.3) is 0 Å². The maximum absolute atomic E-state index is 4.40. The fourth-order valence-electron chi connectivity index (χ4n) is 1.69. The summed E-state index contributed by atoms with van der Waals surface area (Å²) in [5, 5.41) is 6.12. The molecule has 70 valence electrons. The summed E-state index contributed by atoms with van der Waals surface area (Å²) >= 11 is 0. The molecule has 0 aliphatic carbocycles. The SMILES string of the molecule is CNCC1(C)N=CNC2=NC=NC21. The highest BCUT2D eigenvalue weighted by molar-refractivity contribution is 6.05. The normalized spacial score (nSPS) is 35.5. The van der Waals surface area contributed by atoms with E-state index in [1.807, 2.05) is 7.05 Å². The molecule has 0 fully saturated rings. The quantitative estimate of drug-likeness (QED) is 0.595. The molecular formula is C8H13N5. The van der Waals surface area contributed by atoms with Gasteiger partial charge < -0.3 is 10.6 Å². The van der Waals surface area contributed by atoms with Crippen LogP contribution >= 0.6 is 0 Å². The number of nitrogens with zero attached hydrogens (tertiary/aromatic N) is 3. The molecule has 0 spiro atoms. The van der Waals surface area contributed by atoms with Crippen LogP contribution in [0.1, 0.15) is 6.92 Å². The Morgan fingerprint density at radius 2 is 2.54 bits per heavy atom. The Hall–Kier alpha value is -1.23. The third kappa shape index (κ3) is 1.25. The molecule has 2 atom stereocenters. The Morgan fingerprint density at radius 3 is 3.31 bits per heavy atom. The van der Waals surface area contributed by atoms with Crippen molar-refractivity contribution in [2.24, 2.45) is 15.0 Å². The lowest BCUT2D eigenvalue weighted by Gasteiger charge is -2.33. The zero-order valence-corrected chi connectivity index (χ0v) is 7.78. The van der Waals surface area contributed by atoms with Crippen LogP contribution in [0.4, 0.5) is 0 Å². The molecule has 0 aromatic heterocycles. The summed E-state index contributed by atoms with van der Waals surface area (Å²) in [4.78, 5) is 12.8. The molecule has 13 heavy (non-hydrogen) atoms. The second kappa shape index (κ2) is 2.92. The molecule has 2 rings (SSSR count).